The molecule has 0 saturated carbocycles. The smallest absolute Gasteiger partial charge is 0.212 e. The molecule has 2 rings (SSSR count). The van der Waals surface area contributed by atoms with Crippen LogP contribution in [0.25, 0.3) is 0 Å². The first-order valence-electron chi connectivity index (χ1n) is 6.22. The Hall–Kier alpha value is -1.17. The van der Waals surface area contributed by atoms with E-state index in [4.69, 9.17) is 9.47 Å². The zero-order chi connectivity index (χ0) is 12.8. The minimum absolute atomic E-state index is 0.586. The van der Waals surface area contributed by atoms with Crippen molar-refractivity contribution >= 4 is 0 Å². The summed E-state index contributed by atoms with van der Waals surface area (Å²) in [5, 5.41) is 13.5. The fourth-order valence-corrected chi connectivity index (χ4v) is 2.00. The molecule has 18 heavy (non-hydrogen) atoms. The summed E-state index contributed by atoms with van der Waals surface area (Å²) in [6, 6.07) is 3.80. The summed E-state index contributed by atoms with van der Waals surface area (Å²) in [5.41, 5.74) is 0.449. The molecule has 0 unspecified atom stereocenters. The standard InChI is InChI=1S/C13H20N2O3/c1-17-12-3-2-11(9-15-12)8-14-10-13(16)4-6-18-7-5-13/h2-3,9,14,16H,4-8,10H2,1H3. The van der Waals surface area contributed by atoms with Crippen LogP contribution in [0.1, 0.15) is 18.4 Å². The number of nitrogens with one attached hydrogen (secondary N) is 1. The second kappa shape index (κ2) is 6.13. The molecule has 1 aliphatic heterocycles. The molecule has 1 aliphatic rings. The Labute approximate surface area is 107 Å². The average Bonchev–Trinajstić information content (AvgIpc) is 2.40. The number of ether oxygens (including phenoxy) is 2. The first-order chi connectivity index (χ1) is 8.72. The second-order valence-corrected chi connectivity index (χ2v) is 4.65. The van der Waals surface area contributed by atoms with E-state index in [0.29, 0.717) is 45.0 Å². The normalized spacial score (nSPS) is 18.6. The van der Waals surface area contributed by atoms with Gasteiger partial charge in [-0.1, -0.05) is 6.07 Å². The molecule has 2 N–H and O–H groups in total. The lowest BCUT2D eigenvalue weighted by Crippen LogP contribution is -2.44. The molecule has 0 bridgehead atoms. The van der Waals surface area contributed by atoms with Gasteiger partial charge in [0.05, 0.1) is 12.7 Å². The number of aliphatic hydroxyl groups is 1. The van der Waals surface area contributed by atoms with Gasteiger partial charge in [-0.25, -0.2) is 4.98 Å². The lowest BCUT2D eigenvalue weighted by molar-refractivity contribution is -0.0617. The van der Waals surface area contributed by atoms with E-state index in [-0.39, 0.29) is 0 Å². The van der Waals surface area contributed by atoms with Gasteiger partial charge >= 0.3 is 0 Å². The molecule has 0 aromatic carbocycles. The second-order valence-electron chi connectivity index (χ2n) is 4.65. The van der Waals surface area contributed by atoms with Crippen LogP contribution in [0, 0.1) is 0 Å². The van der Waals surface area contributed by atoms with Crippen LogP contribution in [-0.4, -0.2) is 42.6 Å². The zero-order valence-corrected chi connectivity index (χ0v) is 10.7. The predicted octanol–water partition coefficient (Wildman–Crippen LogP) is 0.721. The third-order valence-electron chi connectivity index (χ3n) is 3.21. The summed E-state index contributed by atoms with van der Waals surface area (Å²) in [6.45, 7) is 2.56. The number of pyridine rings is 1. The molecule has 1 aromatic rings. The summed E-state index contributed by atoms with van der Waals surface area (Å²) in [4.78, 5) is 4.14. The molecule has 100 valence electrons. The zero-order valence-electron chi connectivity index (χ0n) is 10.7. The Bertz CT molecular complexity index is 361. The highest BCUT2D eigenvalue weighted by Gasteiger charge is 2.28. The summed E-state index contributed by atoms with van der Waals surface area (Å²) in [5.74, 6) is 0.613. The van der Waals surface area contributed by atoms with E-state index in [0.717, 1.165) is 5.56 Å². The third kappa shape index (κ3) is 3.66. The Morgan fingerprint density at radius 2 is 2.22 bits per heavy atom. The molecular weight excluding hydrogens is 232 g/mol. The number of methoxy groups -OCH3 is 1. The van der Waals surface area contributed by atoms with Crippen molar-refractivity contribution < 1.29 is 14.6 Å². The minimum atomic E-state index is -0.627. The van der Waals surface area contributed by atoms with Crippen LogP contribution in [0.2, 0.25) is 0 Å². The van der Waals surface area contributed by atoms with Crippen molar-refractivity contribution in [3.63, 3.8) is 0 Å². The fraction of sp³-hybridized carbons (Fsp3) is 0.615. The summed E-state index contributed by atoms with van der Waals surface area (Å²) >= 11 is 0. The molecule has 0 spiro atoms. The number of aromatic nitrogens is 1. The van der Waals surface area contributed by atoms with Gasteiger partial charge in [0.15, 0.2) is 0 Å². The monoisotopic (exact) mass is 252 g/mol. The number of hydrogen-bond donors (Lipinski definition) is 2. The maximum atomic E-state index is 10.3. The van der Waals surface area contributed by atoms with Gasteiger partial charge in [0.25, 0.3) is 0 Å². The maximum absolute atomic E-state index is 10.3. The van der Waals surface area contributed by atoms with E-state index in [1.807, 2.05) is 12.1 Å². The third-order valence-corrected chi connectivity index (χ3v) is 3.21. The van der Waals surface area contributed by atoms with Crippen molar-refractivity contribution in [2.24, 2.45) is 0 Å². The highest BCUT2D eigenvalue weighted by atomic mass is 16.5. The minimum Gasteiger partial charge on any atom is -0.481 e. The largest absolute Gasteiger partial charge is 0.481 e. The lowest BCUT2D eigenvalue weighted by Gasteiger charge is -2.32. The van der Waals surface area contributed by atoms with Crippen LogP contribution in [0.15, 0.2) is 18.3 Å². The number of rotatable bonds is 5. The molecule has 1 saturated heterocycles. The van der Waals surface area contributed by atoms with E-state index >= 15 is 0 Å². The van der Waals surface area contributed by atoms with Gasteiger partial charge in [-0.3, -0.25) is 0 Å². The van der Waals surface area contributed by atoms with Crippen molar-refractivity contribution in [1.29, 1.82) is 0 Å². The SMILES string of the molecule is COc1ccc(CNCC2(O)CCOCC2)cn1. The number of nitrogens with zero attached hydrogens (tertiary/aromatic N) is 1. The van der Waals surface area contributed by atoms with Gasteiger partial charge in [-0.05, 0) is 5.56 Å². The lowest BCUT2D eigenvalue weighted by atomic mass is 9.94. The quantitative estimate of drug-likeness (QED) is 0.808. The maximum Gasteiger partial charge on any atom is 0.212 e. The van der Waals surface area contributed by atoms with Crippen molar-refractivity contribution in [2.75, 3.05) is 26.9 Å². The molecule has 1 aromatic heterocycles. The molecule has 5 heteroatoms. The van der Waals surface area contributed by atoms with Crippen LogP contribution >= 0.6 is 0 Å². The average molecular weight is 252 g/mol. The molecule has 0 radical (unpaired) electrons. The highest BCUT2D eigenvalue weighted by Crippen LogP contribution is 2.19. The van der Waals surface area contributed by atoms with E-state index in [1.54, 1.807) is 13.3 Å². The Kier molecular flexibility index (Phi) is 4.52. The van der Waals surface area contributed by atoms with E-state index in [9.17, 15) is 5.11 Å². The van der Waals surface area contributed by atoms with Crippen LogP contribution in [-0.2, 0) is 11.3 Å². The molecule has 0 amide bonds. The van der Waals surface area contributed by atoms with Gasteiger partial charge < -0.3 is 19.9 Å². The van der Waals surface area contributed by atoms with Crippen LogP contribution in [0.4, 0.5) is 0 Å². The molecule has 1 fully saturated rings. The first kappa shape index (κ1) is 13.3. The Morgan fingerprint density at radius 1 is 1.44 bits per heavy atom. The van der Waals surface area contributed by atoms with Crippen molar-refractivity contribution in [2.45, 2.75) is 25.0 Å². The van der Waals surface area contributed by atoms with E-state index in [1.165, 1.54) is 0 Å². The van der Waals surface area contributed by atoms with Gasteiger partial charge in [-0.15, -0.1) is 0 Å². The Balaban J connectivity index is 1.77. The summed E-state index contributed by atoms with van der Waals surface area (Å²) in [7, 11) is 1.60. The first-order valence-corrected chi connectivity index (χ1v) is 6.22. The van der Waals surface area contributed by atoms with E-state index < -0.39 is 5.60 Å². The van der Waals surface area contributed by atoms with Gasteiger partial charge in [0.1, 0.15) is 0 Å². The molecule has 5 nitrogen and oxygen atoms in total. The summed E-state index contributed by atoms with van der Waals surface area (Å²) in [6.07, 6.45) is 3.17. The fourth-order valence-electron chi connectivity index (χ4n) is 2.00. The molecular formula is C13H20N2O3. The molecule has 0 atom stereocenters. The van der Waals surface area contributed by atoms with Crippen molar-refractivity contribution in [3.05, 3.63) is 23.9 Å². The van der Waals surface area contributed by atoms with Crippen molar-refractivity contribution in [3.8, 4) is 5.88 Å². The topological polar surface area (TPSA) is 63.6 Å². The Morgan fingerprint density at radius 3 is 2.83 bits per heavy atom. The molecule has 0 aliphatic carbocycles. The number of hydrogen-bond acceptors (Lipinski definition) is 5. The van der Waals surface area contributed by atoms with E-state index in [2.05, 4.69) is 10.3 Å². The van der Waals surface area contributed by atoms with Gasteiger partial charge in [0, 0.05) is 51.4 Å². The molecule has 2 heterocycles. The van der Waals surface area contributed by atoms with Crippen LogP contribution in [0.5, 0.6) is 5.88 Å². The summed E-state index contributed by atoms with van der Waals surface area (Å²) < 4.78 is 10.2. The highest BCUT2D eigenvalue weighted by molar-refractivity contribution is 5.17. The van der Waals surface area contributed by atoms with Crippen LogP contribution in [0.3, 0.4) is 0 Å². The van der Waals surface area contributed by atoms with Crippen LogP contribution < -0.4 is 10.1 Å². The van der Waals surface area contributed by atoms with Crippen molar-refractivity contribution in [1.82, 2.24) is 10.3 Å². The van der Waals surface area contributed by atoms with Gasteiger partial charge in [0.2, 0.25) is 5.88 Å². The van der Waals surface area contributed by atoms with Gasteiger partial charge in [-0.2, -0.15) is 0 Å². The predicted molar refractivity (Wildman–Crippen MR) is 67.5 cm³/mol.